The van der Waals surface area contributed by atoms with Crippen molar-refractivity contribution < 1.29 is 19.0 Å². The van der Waals surface area contributed by atoms with E-state index in [0.29, 0.717) is 44.0 Å². The lowest BCUT2D eigenvalue weighted by Crippen LogP contribution is -2.44. The Morgan fingerprint density at radius 1 is 1.47 bits per heavy atom. The fraction of sp³-hybridized carbons (Fsp3) is 0.500. The van der Waals surface area contributed by atoms with Gasteiger partial charge in [-0.25, -0.2) is 19.2 Å². The van der Waals surface area contributed by atoms with Crippen molar-refractivity contribution in [1.82, 2.24) is 20.2 Å². The summed E-state index contributed by atoms with van der Waals surface area (Å²) >= 11 is 5.74. The minimum atomic E-state index is -0.510. The van der Waals surface area contributed by atoms with Crippen LogP contribution in [0, 0.1) is 5.82 Å². The number of urea groups is 1. The number of halogens is 2. The number of aliphatic hydroxyl groups is 1. The van der Waals surface area contributed by atoms with E-state index in [2.05, 4.69) is 20.6 Å². The van der Waals surface area contributed by atoms with Gasteiger partial charge in [0.2, 0.25) is 5.95 Å². The fourth-order valence-corrected chi connectivity index (χ4v) is 4.13. The Hall–Kier alpha value is -2.49. The monoisotopic (exact) mass is 463 g/mol. The minimum Gasteiger partial charge on any atom is -0.394 e. The molecule has 2 aliphatic heterocycles. The van der Waals surface area contributed by atoms with E-state index in [0.717, 1.165) is 17.7 Å². The zero-order chi connectivity index (χ0) is 22.7. The van der Waals surface area contributed by atoms with Gasteiger partial charge in [-0.3, -0.25) is 0 Å². The van der Waals surface area contributed by atoms with Gasteiger partial charge in [0.25, 0.3) is 0 Å². The van der Waals surface area contributed by atoms with Crippen molar-refractivity contribution in [2.45, 2.75) is 50.9 Å². The van der Waals surface area contributed by atoms with Crippen molar-refractivity contribution >= 4 is 23.6 Å². The highest BCUT2D eigenvalue weighted by Gasteiger charge is 2.26. The molecule has 0 saturated carbocycles. The average Bonchev–Trinajstić information content (AvgIpc) is 2.80. The van der Waals surface area contributed by atoms with Gasteiger partial charge in [0.05, 0.1) is 36.0 Å². The number of hydrogen-bond acceptors (Lipinski definition) is 6. The summed E-state index contributed by atoms with van der Waals surface area (Å²) in [6.45, 7) is 3.30. The Balaban J connectivity index is 1.38. The number of nitrogens with one attached hydrogen (secondary N) is 2. The Bertz CT molecular complexity index is 979. The Kier molecular flexibility index (Phi) is 7.07. The van der Waals surface area contributed by atoms with Crippen molar-refractivity contribution in [3.05, 3.63) is 52.1 Å². The number of carbonyl (C=O) groups excluding carboxylic acids is 1. The molecule has 2 aliphatic rings. The maximum absolute atomic E-state index is 13.8. The highest BCUT2D eigenvalue weighted by atomic mass is 35.5. The zero-order valence-electron chi connectivity index (χ0n) is 17.9. The van der Waals surface area contributed by atoms with Crippen LogP contribution in [-0.4, -0.2) is 57.9 Å². The third-order valence-electron chi connectivity index (χ3n) is 5.92. The number of nitrogens with zero attached hydrogens (tertiary/aromatic N) is 3. The van der Waals surface area contributed by atoms with Crippen molar-refractivity contribution in [2.75, 3.05) is 25.1 Å². The van der Waals surface area contributed by atoms with Crippen molar-refractivity contribution in [1.29, 1.82) is 0 Å². The van der Waals surface area contributed by atoms with E-state index in [1.165, 1.54) is 12.1 Å². The van der Waals surface area contributed by atoms with Crippen LogP contribution in [0.25, 0.3) is 0 Å². The third kappa shape index (κ3) is 5.28. The van der Waals surface area contributed by atoms with Crippen LogP contribution in [0.2, 0.25) is 5.02 Å². The van der Waals surface area contributed by atoms with Gasteiger partial charge < -0.3 is 25.4 Å². The van der Waals surface area contributed by atoms with Crippen molar-refractivity contribution in [2.24, 2.45) is 0 Å². The SMILES string of the molecule is C[C@@H](NC(=O)N1CCc2cnc(N[C@H]3CCO[C@H](CO)C3)nc2C1)c1ccc(Cl)c(F)c1. The number of rotatable bonds is 5. The average molecular weight is 464 g/mol. The van der Waals surface area contributed by atoms with Gasteiger partial charge in [-0.1, -0.05) is 17.7 Å². The number of benzene rings is 1. The lowest BCUT2D eigenvalue weighted by atomic mass is 10.0. The second-order valence-electron chi connectivity index (χ2n) is 8.22. The molecular weight excluding hydrogens is 437 g/mol. The predicted molar refractivity (Wildman–Crippen MR) is 118 cm³/mol. The summed E-state index contributed by atoms with van der Waals surface area (Å²) in [6, 6.07) is 4.04. The summed E-state index contributed by atoms with van der Waals surface area (Å²) < 4.78 is 19.2. The number of aliphatic hydroxyl groups excluding tert-OH is 1. The molecule has 8 nitrogen and oxygen atoms in total. The molecule has 1 saturated heterocycles. The molecule has 0 spiro atoms. The Labute approximate surface area is 191 Å². The molecule has 2 amide bonds. The molecule has 172 valence electrons. The van der Waals surface area contributed by atoms with Gasteiger partial charge in [0.15, 0.2) is 0 Å². The van der Waals surface area contributed by atoms with Crippen LogP contribution in [0.15, 0.2) is 24.4 Å². The Morgan fingerprint density at radius 3 is 3.09 bits per heavy atom. The van der Waals surface area contributed by atoms with Crippen LogP contribution in [0.4, 0.5) is 15.1 Å². The molecule has 3 N–H and O–H groups in total. The zero-order valence-corrected chi connectivity index (χ0v) is 18.6. The van der Waals surface area contributed by atoms with Gasteiger partial charge in [-0.2, -0.15) is 0 Å². The summed E-state index contributed by atoms with van der Waals surface area (Å²) in [5.41, 5.74) is 2.47. The van der Waals surface area contributed by atoms with E-state index in [9.17, 15) is 14.3 Å². The van der Waals surface area contributed by atoms with E-state index in [4.69, 9.17) is 16.3 Å². The second-order valence-corrected chi connectivity index (χ2v) is 8.63. The number of hydrogen-bond donors (Lipinski definition) is 3. The number of amides is 2. The molecule has 10 heteroatoms. The summed E-state index contributed by atoms with van der Waals surface area (Å²) in [7, 11) is 0. The van der Waals surface area contributed by atoms with Gasteiger partial charge in [0.1, 0.15) is 5.82 Å². The number of ether oxygens (including phenoxy) is 1. The lowest BCUT2D eigenvalue weighted by Gasteiger charge is -2.31. The third-order valence-corrected chi connectivity index (χ3v) is 6.23. The maximum atomic E-state index is 13.8. The number of aromatic nitrogens is 2. The van der Waals surface area contributed by atoms with Gasteiger partial charge in [0, 0.05) is 25.4 Å². The van der Waals surface area contributed by atoms with Gasteiger partial charge in [-0.05, 0) is 49.4 Å². The molecule has 1 aromatic heterocycles. The standard InChI is InChI=1S/C22H27ClFN5O3/c1-13(14-2-3-18(23)19(24)8-14)26-22(31)29-6-4-15-10-25-21(28-20(15)11-29)27-16-5-7-32-17(9-16)12-30/h2-3,8,10,13,16-17,30H,4-7,9,11-12H2,1H3,(H,26,31)(H,25,27,28)/t13-,16+,17+/m1/s1. The molecule has 2 aromatic rings. The predicted octanol–water partition coefficient (Wildman–Crippen LogP) is 3.05. The maximum Gasteiger partial charge on any atom is 0.318 e. The van der Waals surface area contributed by atoms with Crippen LogP contribution in [0.3, 0.4) is 0 Å². The first kappa shape index (κ1) is 22.7. The summed E-state index contributed by atoms with van der Waals surface area (Å²) in [5.74, 6) is 0.00309. The van der Waals surface area contributed by atoms with Gasteiger partial charge in [-0.15, -0.1) is 0 Å². The van der Waals surface area contributed by atoms with E-state index in [1.54, 1.807) is 17.9 Å². The largest absolute Gasteiger partial charge is 0.394 e. The minimum absolute atomic E-state index is 0.00557. The van der Waals surface area contributed by atoms with E-state index in [-0.39, 0.29) is 35.8 Å². The molecule has 0 aliphatic carbocycles. The second kappa shape index (κ2) is 9.97. The van der Waals surface area contributed by atoms with Crippen LogP contribution in [0.5, 0.6) is 0 Å². The van der Waals surface area contributed by atoms with Crippen LogP contribution < -0.4 is 10.6 Å². The fourth-order valence-electron chi connectivity index (χ4n) is 4.01. The van der Waals surface area contributed by atoms with Crippen LogP contribution in [0.1, 0.15) is 42.6 Å². The molecule has 3 heterocycles. The normalized spacial score (nSPS) is 21.6. The summed E-state index contributed by atoms with van der Waals surface area (Å²) in [4.78, 5) is 23.6. The summed E-state index contributed by atoms with van der Waals surface area (Å²) in [6.07, 6.45) is 3.80. The first-order chi connectivity index (χ1) is 15.4. The smallest absolute Gasteiger partial charge is 0.318 e. The quantitative estimate of drug-likeness (QED) is 0.630. The molecule has 0 bridgehead atoms. The van der Waals surface area contributed by atoms with E-state index in [1.807, 2.05) is 6.20 Å². The molecule has 0 radical (unpaired) electrons. The highest BCUT2D eigenvalue weighted by Crippen LogP contribution is 2.23. The molecular formula is C22H27ClFN5O3. The first-order valence-corrected chi connectivity index (χ1v) is 11.1. The lowest BCUT2D eigenvalue weighted by molar-refractivity contribution is -0.0213. The molecule has 4 rings (SSSR count). The van der Waals surface area contributed by atoms with Crippen LogP contribution in [-0.2, 0) is 17.7 Å². The molecule has 32 heavy (non-hydrogen) atoms. The highest BCUT2D eigenvalue weighted by molar-refractivity contribution is 6.30. The molecule has 1 aromatic carbocycles. The Morgan fingerprint density at radius 2 is 2.31 bits per heavy atom. The number of carbonyl (C=O) groups is 1. The van der Waals surface area contributed by atoms with E-state index < -0.39 is 5.82 Å². The topological polar surface area (TPSA) is 99.6 Å². The first-order valence-electron chi connectivity index (χ1n) is 10.8. The van der Waals surface area contributed by atoms with Crippen LogP contribution >= 0.6 is 11.6 Å². The summed E-state index contributed by atoms with van der Waals surface area (Å²) in [5, 5.41) is 15.6. The number of anilines is 1. The molecule has 1 fully saturated rings. The molecule has 0 unspecified atom stereocenters. The number of fused-ring (bicyclic) bond motifs is 1. The van der Waals surface area contributed by atoms with Crippen molar-refractivity contribution in [3.63, 3.8) is 0 Å². The molecule has 3 atom stereocenters. The van der Waals surface area contributed by atoms with Crippen molar-refractivity contribution in [3.8, 4) is 0 Å². The van der Waals surface area contributed by atoms with E-state index >= 15 is 0 Å². The van der Waals surface area contributed by atoms with Gasteiger partial charge >= 0.3 is 6.03 Å².